The minimum Gasteiger partial charge on any atom is -0.221 e. The van der Waals surface area contributed by atoms with Crippen molar-refractivity contribution in [3.05, 3.63) is 95.6 Å². The highest BCUT2D eigenvalue weighted by molar-refractivity contribution is 7.92. The molecular weight excluding hydrogens is 489 g/mol. The monoisotopic (exact) mass is 508 g/mol. The quantitative estimate of drug-likeness (QED) is 0.410. The summed E-state index contributed by atoms with van der Waals surface area (Å²) in [4.78, 5) is -0.0880. The first-order chi connectivity index (χ1) is 15.9. The van der Waals surface area contributed by atoms with Crippen molar-refractivity contribution < 1.29 is 30.0 Å². The van der Waals surface area contributed by atoms with Gasteiger partial charge in [0.1, 0.15) is 0 Å². The van der Waals surface area contributed by atoms with E-state index in [1.54, 1.807) is 24.3 Å². The van der Waals surface area contributed by atoms with Crippen molar-refractivity contribution in [1.29, 1.82) is 0 Å². The first kappa shape index (κ1) is 24.0. The fraction of sp³-hybridized carbons (Fsp3) is 0.130. The Hall–Kier alpha value is -3.15. The summed E-state index contributed by atoms with van der Waals surface area (Å²) in [5, 5.41) is -0.0126. The molecule has 0 bridgehead atoms. The first-order valence-electron chi connectivity index (χ1n) is 9.99. The van der Waals surface area contributed by atoms with Crippen LogP contribution in [0.25, 0.3) is 10.9 Å². The molecule has 4 aromatic rings. The number of aryl methyl sites for hydroxylation is 1. The van der Waals surface area contributed by atoms with Gasteiger partial charge in [0.2, 0.25) is 0 Å². The van der Waals surface area contributed by atoms with E-state index in [1.165, 1.54) is 37.3 Å². The average molecular weight is 509 g/mol. The average Bonchev–Trinajstić information content (AvgIpc) is 3.12. The van der Waals surface area contributed by atoms with Crippen molar-refractivity contribution in [2.45, 2.75) is 29.6 Å². The zero-order valence-corrected chi connectivity index (χ0v) is 19.4. The highest BCUT2D eigenvalue weighted by Gasteiger charge is 2.33. The van der Waals surface area contributed by atoms with E-state index in [0.717, 1.165) is 28.2 Å². The van der Waals surface area contributed by atoms with Crippen molar-refractivity contribution in [2.24, 2.45) is 0 Å². The molecule has 178 valence electrons. The van der Waals surface area contributed by atoms with Crippen LogP contribution in [0.15, 0.2) is 88.8 Å². The molecule has 0 amide bonds. The van der Waals surface area contributed by atoms with Gasteiger partial charge in [-0.05, 0) is 48.4 Å². The van der Waals surface area contributed by atoms with Crippen molar-refractivity contribution in [1.82, 2.24) is 8.69 Å². The first-order valence-corrected chi connectivity index (χ1v) is 12.9. The number of halogens is 3. The van der Waals surface area contributed by atoms with Crippen molar-refractivity contribution in [2.75, 3.05) is 0 Å². The van der Waals surface area contributed by atoms with E-state index in [0.29, 0.717) is 5.39 Å². The maximum atomic E-state index is 13.5. The standard InChI is InChI=1S/C23H19F3N2O4S2/c1-16-20-9-5-6-10-21(20)28(34(31,32)19-7-3-2-4-8-19)22(16)33(29,30)27-15-17-11-13-18(14-12-17)23(24,25)26/h2-14,27H,15H2,1H3. The summed E-state index contributed by atoms with van der Waals surface area (Å²) in [7, 11) is -8.69. The number of nitrogens with zero attached hydrogens (tertiary/aromatic N) is 1. The maximum absolute atomic E-state index is 13.5. The van der Waals surface area contributed by atoms with E-state index < -0.39 is 36.8 Å². The van der Waals surface area contributed by atoms with Gasteiger partial charge in [-0.2, -0.15) is 13.2 Å². The van der Waals surface area contributed by atoms with Gasteiger partial charge >= 0.3 is 6.18 Å². The largest absolute Gasteiger partial charge is 0.416 e. The number of hydrogen-bond acceptors (Lipinski definition) is 4. The Bertz CT molecular complexity index is 1560. The van der Waals surface area contributed by atoms with Crippen LogP contribution < -0.4 is 4.72 Å². The number of benzene rings is 3. The molecule has 1 N–H and O–H groups in total. The van der Waals surface area contributed by atoms with Gasteiger partial charge in [0.15, 0.2) is 5.03 Å². The summed E-state index contributed by atoms with van der Waals surface area (Å²) in [5.74, 6) is 0. The maximum Gasteiger partial charge on any atom is 0.416 e. The molecule has 3 aromatic carbocycles. The lowest BCUT2D eigenvalue weighted by Crippen LogP contribution is -2.28. The minimum atomic E-state index is -4.51. The Labute approximate surface area is 194 Å². The third-order valence-electron chi connectivity index (χ3n) is 5.32. The number of rotatable bonds is 6. The molecule has 0 radical (unpaired) electrons. The van der Waals surface area contributed by atoms with E-state index in [4.69, 9.17) is 0 Å². The van der Waals surface area contributed by atoms with Crippen LogP contribution in [0.2, 0.25) is 0 Å². The third-order valence-corrected chi connectivity index (χ3v) is 8.68. The summed E-state index contributed by atoms with van der Waals surface area (Å²) in [6.45, 7) is 1.18. The van der Waals surface area contributed by atoms with Gasteiger partial charge in [-0.25, -0.2) is 25.5 Å². The lowest BCUT2D eigenvalue weighted by Gasteiger charge is -2.14. The lowest BCUT2D eigenvalue weighted by molar-refractivity contribution is -0.137. The predicted octanol–water partition coefficient (Wildman–Crippen LogP) is 4.68. The van der Waals surface area contributed by atoms with E-state index in [9.17, 15) is 30.0 Å². The number of para-hydroxylation sites is 1. The van der Waals surface area contributed by atoms with Crippen LogP contribution in [0.3, 0.4) is 0 Å². The molecule has 1 heterocycles. The van der Waals surface area contributed by atoms with Crippen LogP contribution in [-0.4, -0.2) is 20.8 Å². The molecular formula is C23H19F3N2O4S2. The van der Waals surface area contributed by atoms with E-state index in [-0.39, 0.29) is 28.1 Å². The second kappa shape index (κ2) is 8.57. The summed E-state index contributed by atoms with van der Waals surface area (Å²) >= 11 is 0. The third kappa shape index (κ3) is 4.33. The molecule has 0 aliphatic heterocycles. The molecule has 0 unspecified atom stereocenters. The van der Waals surface area contributed by atoms with Crippen LogP contribution in [0.5, 0.6) is 0 Å². The second-order valence-corrected chi connectivity index (χ2v) is 11.0. The van der Waals surface area contributed by atoms with Crippen LogP contribution in [0, 0.1) is 6.92 Å². The minimum absolute atomic E-state index is 0.0880. The number of fused-ring (bicyclic) bond motifs is 1. The van der Waals surface area contributed by atoms with Gasteiger partial charge in [-0.3, -0.25) is 0 Å². The van der Waals surface area contributed by atoms with Gasteiger partial charge < -0.3 is 0 Å². The Morgan fingerprint density at radius 3 is 2.03 bits per heavy atom. The number of nitrogens with one attached hydrogen (secondary N) is 1. The predicted molar refractivity (Wildman–Crippen MR) is 121 cm³/mol. The molecule has 0 aliphatic rings. The Kier molecular flexibility index (Phi) is 6.05. The van der Waals surface area contributed by atoms with Crippen molar-refractivity contribution in [3.8, 4) is 0 Å². The summed E-state index contributed by atoms with van der Waals surface area (Å²) in [6, 6.07) is 17.9. The SMILES string of the molecule is Cc1c(S(=O)(=O)NCc2ccc(C(F)(F)F)cc2)n(S(=O)(=O)c2ccccc2)c2ccccc12. The molecule has 4 rings (SSSR count). The summed E-state index contributed by atoms with van der Waals surface area (Å²) in [6.07, 6.45) is -4.51. The van der Waals surface area contributed by atoms with E-state index in [1.807, 2.05) is 0 Å². The van der Waals surface area contributed by atoms with Crippen molar-refractivity contribution >= 4 is 30.9 Å². The van der Waals surface area contributed by atoms with Crippen LogP contribution >= 0.6 is 0 Å². The molecule has 11 heteroatoms. The fourth-order valence-corrected chi connectivity index (χ4v) is 7.05. The smallest absolute Gasteiger partial charge is 0.221 e. The van der Waals surface area contributed by atoms with Crippen LogP contribution in [-0.2, 0) is 32.8 Å². The normalized spacial score (nSPS) is 12.8. The zero-order chi connectivity index (χ0) is 24.7. The molecule has 0 saturated heterocycles. The molecule has 0 aliphatic carbocycles. The molecule has 1 aromatic heterocycles. The number of sulfonamides is 1. The number of alkyl halides is 3. The molecule has 0 atom stereocenters. The van der Waals surface area contributed by atoms with E-state index >= 15 is 0 Å². The van der Waals surface area contributed by atoms with Gasteiger partial charge in [0.25, 0.3) is 20.0 Å². The van der Waals surface area contributed by atoms with Crippen molar-refractivity contribution in [3.63, 3.8) is 0 Å². The fourth-order valence-electron chi connectivity index (χ4n) is 3.65. The lowest BCUT2D eigenvalue weighted by atomic mass is 10.1. The number of aromatic nitrogens is 1. The van der Waals surface area contributed by atoms with Gasteiger partial charge in [-0.15, -0.1) is 0 Å². The summed E-state index contributed by atoms with van der Waals surface area (Å²) in [5.41, 5.74) is -0.152. The Morgan fingerprint density at radius 2 is 1.41 bits per heavy atom. The van der Waals surface area contributed by atoms with Gasteiger partial charge in [0, 0.05) is 11.9 Å². The van der Waals surface area contributed by atoms with E-state index in [2.05, 4.69) is 4.72 Å². The van der Waals surface area contributed by atoms with Crippen LogP contribution in [0.4, 0.5) is 13.2 Å². The summed E-state index contributed by atoms with van der Waals surface area (Å²) < 4.78 is 95.2. The molecule has 0 fully saturated rings. The second-order valence-electron chi connectivity index (χ2n) is 7.55. The van der Waals surface area contributed by atoms with Gasteiger partial charge in [-0.1, -0.05) is 48.5 Å². The number of hydrogen-bond donors (Lipinski definition) is 1. The molecule has 0 spiro atoms. The molecule has 6 nitrogen and oxygen atoms in total. The zero-order valence-electron chi connectivity index (χ0n) is 17.7. The van der Waals surface area contributed by atoms with Crippen LogP contribution in [0.1, 0.15) is 16.7 Å². The molecule has 0 saturated carbocycles. The molecule has 34 heavy (non-hydrogen) atoms. The highest BCUT2D eigenvalue weighted by Crippen LogP contribution is 2.33. The highest BCUT2D eigenvalue weighted by atomic mass is 32.2. The topological polar surface area (TPSA) is 85.2 Å². The van der Waals surface area contributed by atoms with Gasteiger partial charge in [0.05, 0.1) is 16.0 Å². The Balaban J connectivity index is 1.79. The Morgan fingerprint density at radius 1 is 0.824 bits per heavy atom.